The van der Waals surface area contributed by atoms with Gasteiger partial charge in [0.1, 0.15) is 6.61 Å². The van der Waals surface area contributed by atoms with E-state index in [1.54, 1.807) is 4.90 Å². The van der Waals surface area contributed by atoms with Crippen LogP contribution in [-0.2, 0) is 9.53 Å². The van der Waals surface area contributed by atoms with Gasteiger partial charge in [-0.15, -0.1) is 0 Å². The zero-order chi connectivity index (χ0) is 14.4. The van der Waals surface area contributed by atoms with Crippen LogP contribution in [0.1, 0.15) is 33.6 Å². The van der Waals surface area contributed by atoms with Crippen LogP contribution in [0, 0.1) is 5.92 Å². The van der Waals surface area contributed by atoms with Crippen molar-refractivity contribution in [2.24, 2.45) is 5.92 Å². The van der Waals surface area contributed by atoms with Gasteiger partial charge >= 0.3 is 0 Å². The second-order valence-corrected chi connectivity index (χ2v) is 5.19. The van der Waals surface area contributed by atoms with Crippen LogP contribution in [-0.4, -0.2) is 49.2 Å². The number of carbonyl (C=O) groups excluding carboxylic acids is 1. The third-order valence-corrected chi connectivity index (χ3v) is 3.22. The molecule has 0 spiro atoms. The molecule has 0 saturated carbocycles. The molecule has 19 heavy (non-hydrogen) atoms. The number of alkyl halides is 2. The first-order valence-corrected chi connectivity index (χ1v) is 6.89. The second kappa shape index (κ2) is 7.75. The van der Waals surface area contributed by atoms with Crippen molar-refractivity contribution in [3.05, 3.63) is 0 Å². The van der Waals surface area contributed by atoms with Gasteiger partial charge in [0.2, 0.25) is 5.91 Å². The number of rotatable bonds is 8. The summed E-state index contributed by atoms with van der Waals surface area (Å²) in [6.45, 7) is 6.05. The average molecular weight is 278 g/mol. The molecule has 1 aliphatic rings. The summed E-state index contributed by atoms with van der Waals surface area (Å²) in [7, 11) is 0. The highest BCUT2D eigenvalue weighted by molar-refractivity contribution is 5.84. The molecule has 0 bridgehead atoms. The number of amides is 1. The molecule has 0 radical (unpaired) electrons. The number of ether oxygens (including phenoxy) is 1. The van der Waals surface area contributed by atoms with Crippen LogP contribution in [0.3, 0.4) is 0 Å². The molecule has 1 rings (SSSR count). The Morgan fingerprint density at radius 2 is 2.11 bits per heavy atom. The molecule has 1 fully saturated rings. The van der Waals surface area contributed by atoms with E-state index in [0.29, 0.717) is 6.54 Å². The van der Waals surface area contributed by atoms with Gasteiger partial charge in [-0.2, -0.15) is 0 Å². The van der Waals surface area contributed by atoms with Crippen LogP contribution in [0.4, 0.5) is 8.78 Å². The van der Waals surface area contributed by atoms with Crippen LogP contribution in [0.2, 0.25) is 0 Å². The Bertz CT molecular complexity index is 288. The smallest absolute Gasteiger partial charge is 0.261 e. The molecule has 0 aromatic rings. The maximum absolute atomic E-state index is 12.2. The summed E-state index contributed by atoms with van der Waals surface area (Å²) < 4.78 is 28.8. The number of hydrogen-bond donors (Lipinski definition) is 1. The van der Waals surface area contributed by atoms with E-state index in [1.165, 1.54) is 0 Å². The average Bonchev–Trinajstić information content (AvgIpc) is 2.63. The van der Waals surface area contributed by atoms with Crippen LogP contribution in [0.5, 0.6) is 0 Å². The van der Waals surface area contributed by atoms with E-state index in [2.05, 4.69) is 5.32 Å². The molecule has 0 aromatic carbocycles. The molecule has 112 valence electrons. The Labute approximate surface area is 113 Å². The van der Waals surface area contributed by atoms with E-state index in [0.717, 1.165) is 12.8 Å². The number of nitrogens with zero attached hydrogens (tertiary/aromatic N) is 1. The Hall–Kier alpha value is -0.750. The minimum absolute atomic E-state index is 0.0285. The van der Waals surface area contributed by atoms with Gasteiger partial charge in [-0.25, -0.2) is 8.78 Å². The highest BCUT2D eigenvalue weighted by Crippen LogP contribution is 2.19. The third-order valence-electron chi connectivity index (χ3n) is 3.22. The minimum atomic E-state index is -2.46. The summed E-state index contributed by atoms with van der Waals surface area (Å²) in [4.78, 5) is 13.9. The first-order valence-electron chi connectivity index (χ1n) is 6.89. The van der Waals surface area contributed by atoms with Gasteiger partial charge in [-0.05, 0) is 12.3 Å². The van der Waals surface area contributed by atoms with Crippen molar-refractivity contribution >= 4 is 5.91 Å². The molecule has 2 atom stereocenters. The predicted molar refractivity (Wildman–Crippen MR) is 69.0 cm³/mol. The Morgan fingerprint density at radius 1 is 1.42 bits per heavy atom. The highest BCUT2D eigenvalue weighted by Gasteiger charge is 2.39. The highest BCUT2D eigenvalue weighted by atomic mass is 19.3. The van der Waals surface area contributed by atoms with E-state index in [9.17, 15) is 13.6 Å². The molecule has 1 saturated heterocycles. The topological polar surface area (TPSA) is 41.6 Å². The van der Waals surface area contributed by atoms with E-state index in [-0.39, 0.29) is 30.6 Å². The Morgan fingerprint density at radius 3 is 2.63 bits per heavy atom. The minimum Gasteiger partial charge on any atom is -0.374 e. The van der Waals surface area contributed by atoms with Crippen LogP contribution in [0.25, 0.3) is 0 Å². The summed E-state index contributed by atoms with van der Waals surface area (Å²) in [5.74, 6) is 0.335. The predicted octanol–water partition coefficient (Wildman–Crippen LogP) is 1.85. The summed E-state index contributed by atoms with van der Waals surface area (Å²) >= 11 is 0. The van der Waals surface area contributed by atoms with Crippen molar-refractivity contribution in [1.29, 1.82) is 0 Å². The van der Waals surface area contributed by atoms with Gasteiger partial charge in [-0.1, -0.05) is 27.2 Å². The third kappa shape index (κ3) is 4.69. The van der Waals surface area contributed by atoms with Crippen molar-refractivity contribution in [3.8, 4) is 0 Å². The molecular formula is C13H24F2N2O2. The lowest BCUT2D eigenvalue weighted by Crippen LogP contribution is -2.43. The lowest BCUT2D eigenvalue weighted by molar-refractivity contribution is -0.131. The number of nitrogens with one attached hydrogen (secondary N) is 1. The fourth-order valence-electron chi connectivity index (χ4n) is 2.34. The molecule has 1 amide bonds. The van der Waals surface area contributed by atoms with Crippen LogP contribution < -0.4 is 5.32 Å². The maximum atomic E-state index is 12.2. The molecule has 0 aromatic heterocycles. The lowest BCUT2D eigenvalue weighted by Gasteiger charge is -2.27. The zero-order valence-corrected chi connectivity index (χ0v) is 11.9. The Balaban J connectivity index is 2.49. The zero-order valence-electron chi connectivity index (χ0n) is 11.9. The molecule has 1 aliphatic heterocycles. The SMILES string of the molecule is CCCC1NC(C(C)C)N(CCOCC(F)F)C1=O. The van der Waals surface area contributed by atoms with Gasteiger partial charge in [0, 0.05) is 6.54 Å². The normalized spacial score (nSPS) is 23.9. The maximum Gasteiger partial charge on any atom is 0.261 e. The lowest BCUT2D eigenvalue weighted by atomic mass is 10.1. The van der Waals surface area contributed by atoms with Gasteiger partial charge < -0.3 is 9.64 Å². The fourth-order valence-corrected chi connectivity index (χ4v) is 2.34. The fraction of sp³-hybridized carbons (Fsp3) is 0.923. The first kappa shape index (κ1) is 16.3. The van der Waals surface area contributed by atoms with E-state index >= 15 is 0 Å². The molecule has 4 nitrogen and oxygen atoms in total. The summed E-state index contributed by atoms with van der Waals surface area (Å²) in [5.41, 5.74) is 0. The van der Waals surface area contributed by atoms with E-state index < -0.39 is 13.0 Å². The Kier molecular flexibility index (Phi) is 6.65. The van der Waals surface area contributed by atoms with E-state index in [1.807, 2.05) is 20.8 Å². The molecule has 0 aliphatic carbocycles. The van der Waals surface area contributed by atoms with Crippen molar-refractivity contribution < 1.29 is 18.3 Å². The summed E-state index contributed by atoms with van der Waals surface area (Å²) in [5, 5.41) is 3.31. The van der Waals surface area contributed by atoms with Gasteiger partial charge in [0.25, 0.3) is 6.43 Å². The largest absolute Gasteiger partial charge is 0.374 e. The number of halogens is 2. The summed E-state index contributed by atoms with van der Waals surface area (Å²) in [6, 6.07) is -0.146. The number of hydrogen-bond acceptors (Lipinski definition) is 3. The molecule has 2 unspecified atom stereocenters. The molecule has 1 heterocycles. The van der Waals surface area contributed by atoms with Crippen molar-refractivity contribution in [3.63, 3.8) is 0 Å². The van der Waals surface area contributed by atoms with Crippen molar-refractivity contribution in [2.75, 3.05) is 19.8 Å². The monoisotopic (exact) mass is 278 g/mol. The van der Waals surface area contributed by atoms with Crippen LogP contribution >= 0.6 is 0 Å². The van der Waals surface area contributed by atoms with Gasteiger partial charge in [0.15, 0.2) is 0 Å². The summed E-state index contributed by atoms with van der Waals surface area (Å²) in [6.07, 6.45) is -0.749. The van der Waals surface area contributed by atoms with Crippen molar-refractivity contribution in [1.82, 2.24) is 10.2 Å². The van der Waals surface area contributed by atoms with Crippen LogP contribution in [0.15, 0.2) is 0 Å². The standard InChI is InChI=1S/C13H24F2N2O2/c1-4-5-10-13(18)17(12(16-10)9(2)3)6-7-19-8-11(14)15/h9-12,16H,4-8H2,1-3H3. The first-order chi connectivity index (χ1) is 8.97. The second-order valence-electron chi connectivity index (χ2n) is 5.19. The molecular weight excluding hydrogens is 254 g/mol. The number of carbonyl (C=O) groups is 1. The molecule has 6 heteroatoms. The van der Waals surface area contributed by atoms with E-state index in [4.69, 9.17) is 4.74 Å². The van der Waals surface area contributed by atoms with Crippen molar-refractivity contribution in [2.45, 2.75) is 52.2 Å². The quantitative estimate of drug-likeness (QED) is 0.689. The molecule has 1 N–H and O–H groups in total. The van der Waals surface area contributed by atoms with Gasteiger partial charge in [0.05, 0.1) is 18.8 Å². The van der Waals surface area contributed by atoms with Gasteiger partial charge in [-0.3, -0.25) is 10.1 Å².